The van der Waals surface area contributed by atoms with Gasteiger partial charge >= 0.3 is 0 Å². The molecule has 0 aliphatic carbocycles. The lowest BCUT2D eigenvalue weighted by atomic mass is 10.00. The summed E-state index contributed by atoms with van der Waals surface area (Å²) in [6.07, 6.45) is 1.92. The first-order valence-corrected chi connectivity index (χ1v) is 7.74. The molecule has 2 aromatic heterocycles. The standard InChI is InChI=1S/C16H27N5/c1-7-13-9-14(21(8-2)19-13)10-15(17-5)16-11(3)18-20(6)12(16)4/h9,15,17H,7-8,10H2,1-6H3. The van der Waals surface area contributed by atoms with Crippen molar-refractivity contribution < 1.29 is 0 Å². The molecule has 1 unspecified atom stereocenters. The minimum Gasteiger partial charge on any atom is -0.313 e. The lowest BCUT2D eigenvalue weighted by Crippen LogP contribution is -2.22. The summed E-state index contributed by atoms with van der Waals surface area (Å²) in [6, 6.07) is 2.50. The molecule has 21 heavy (non-hydrogen) atoms. The van der Waals surface area contributed by atoms with E-state index in [9.17, 15) is 0 Å². The molecule has 0 radical (unpaired) electrons. The molecule has 1 N–H and O–H groups in total. The highest BCUT2D eigenvalue weighted by Crippen LogP contribution is 2.24. The zero-order valence-electron chi connectivity index (χ0n) is 14.1. The van der Waals surface area contributed by atoms with Crippen LogP contribution in [0.1, 0.15) is 48.2 Å². The Morgan fingerprint density at radius 1 is 1.24 bits per heavy atom. The molecule has 0 saturated heterocycles. The van der Waals surface area contributed by atoms with Gasteiger partial charge in [0.1, 0.15) is 0 Å². The molecule has 5 nitrogen and oxygen atoms in total. The minimum atomic E-state index is 0.269. The first-order chi connectivity index (χ1) is 10.0. The van der Waals surface area contributed by atoms with Crippen molar-refractivity contribution in [2.24, 2.45) is 7.05 Å². The summed E-state index contributed by atoms with van der Waals surface area (Å²) in [5.41, 5.74) is 6.09. The zero-order valence-corrected chi connectivity index (χ0v) is 14.1. The second-order valence-electron chi connectivity index (χ2n) is 5.55. The Bertz CT molecular complexity index is 608. The third-order valence-corrected chi connectivity index (χ3v) is 4.25. The van der Waals surface area contributed by atoms with E-state index in [4.69, 9.17) is 0 Å². The number of aryl methyl sites for hydroxylation is 4. The summed E-state index contributed by atoms with van der Waals surface area (Å²) in [4.78, 5) is 0. The van der Waals surface area contributed by atoms with Crippen molar-refractivity contribution in [3.05, 3.63) is 34.4 Å². The highest BCUT2D eigenvalue weighted by molar-refractivity contribution is 5.29. The van der Waals surface area contributed by atoms with Gasteiger partial charge < -0.3 is 5.32 Å². The largest absolute Gasteiger partial charge is 0.313 e. The monoisotopic (exact) mass is 289 g/mol. The molecule has 0 amide bonds. The maximum absolute atomic E-state index is 4.65. The van der Waals surface area contributed by atoms with E-state index in [0.29, 0.717) is 0 Å². The van der Waals surface area contributed by atoms with Crippen LogP contribution >= 0.6 is 0 Å². The average Bonchev–Trinajstić information content (AvgIpc) is 2.98. The van der Waals surface area contributed by atoms with Crippen molar-refractivity contribution >= 4 is 0 Å². The average molecular weight is 289 g/mol. The first kappa shape index (κ1) is 15.8. The van der Waals surface area contributed by atoms with Crippen LogP contribution in [0.25, 0.3) is 0 Å². The summed E-state index contributed by atoms with van der Waals surface area (Å²) < 4.78 is 4.08. The highest BCUT2D eigenvalue weighted by atomic mass is 15.3. The number of nitrogens with one attached hydrogen (secondary N) is 1. The molecule has 0 aliphatic rings. The molecule has 0 bridgehead atoms. The van der Waals surface area contributed by atoms with Crippen LogP contribution in [0.2, 0.25) is 0 Å². The molecule has 0 spiro atoms. The predicted octanol–water partition coefficient (Wildman–Crippen LogP) is 2.32. The van der Waals surface area contributed by atoms with Crippen LogP contribution in [-0.4, -0.2) is 26.6 Å². The molecule has 5 heteroatoms. The Morgan fingerprint density at radius 2 is 1.95 bits per heavy atom. The van der Waals surface area contributed by atoms with E-state index in [1.165, 1.54) is 22.6 Å². The number of hydrogen-bond donors (Lipinski definition) is 1. The van der Waals surface area contributed by atoms with Gasteiger partial charge in [0.15, 0.2) is 0 Å². The molecule has 0 fully saturated rings. The molecule has 0 saturated carbocycles. The van der Waals surface area contributed by atoms with Gasteiger partial charge in [-0.15, -0.1) is 0 Å². The van der Waals surface area contributed by atoms with E-state index in [-0.39, 0.29) is 6.04 Å². The van der Waals surface area contributed by atoms with Crippen LogP contribution in [0, 0.1) is 13.8 Å². The number of hydrogen-bond acceptors (Lipinski definition) is 3. The fraction of sp³-hybridized carbons (Fsp3) is 0.625. The van der Waals surface area contributed by atoms with Gasteiger partial charge in [-0.25, -0.2) is 0 Å². The lowest BCUT2D eigenvalue weighted by Gasteiger charge is -2.17. The van der Waals surface area contributed by atoms with E-state index < -0.39 is 0 Å². The van der Waals surface area contributed by atoms with Gasteiger partial charge in [-0.05, 0) is 40.3 Å². The van der Waals surface area contributed by atoms with Crippen LogP contribution < -0.4 is 5.32 Å². The van der Waals surface area contributed by atoms with Gasteiger partial charge in [0.25, 0.3) is 0 Å². The molecular formula is C16H27N5. The van der Waals surface area contributed by atoms with Crippen LogP contribution in [0.3, 0.4) is 0 Å². The summed E-state index contributed by atoms with van der Waals surface area (Å²) in [5, 5.41) is 12.6. The van der Waals surface area contributed by atoms with E-state index in [0.717, 1.165) is 25.1 Å². The summed E-state index contributed by atoms with van der Waals surface area (Å²) >= 11 is 0. The molecule has 0 aliphatic heterocycles. The van der Waals surface area contributed by atoms with Gasteiger partial charge in [-0.3, -0.25) is 9.36 Å². The van der Waals surface area contributed by atoms with Gasteiger partial charge in [0.2, 0.25) is 0 Å². The second kappa shape index (κ2) is 6.43. The van der Waals surface area contributed by atoms with Crippen LogP contribution in [0.4, 0.5) is 0 Å². The van der Waals surface area contributed by atoms with E-state index in [2.05, 4.69) is 54.0 Å². The Labute approximate surface area is 127 Å². The number of rotatable bonds is 6. The zero-order chi connectivity index (χ0) is 15.6. The van der Waals surface area contributed by atoms with Crippen molar-refractivity contribution in [2.75, 3.05) is 7.05 Å². The highest BCUT2D eigenvalue weighted by Gasteiger charge is 2.21. The van der Waals surface area contributed by atoms with Crippen LogP contribution in [-0.2, 0) is 26.4 Å². The lowest BCUT2D eigenvalue weighted by molar-refractivity contribution is 0.536. The van der Waals surface area contributed by atoms with E-state index in [1.807, 2.05) is 18.8 Å². The third kappa shape index (κ3) is 3.02. The van der Waals surface area contributed by atoms with Crippen molar-refractivity contribution in [3.8, 4) is 0 Å². The Hall–Kier alpha value is -1.62. The van der Waals surface area contributed by atoms with Gasteiger partial charge in [-0.2, -0.15) is 10.2 Å². The normalized spacial score (nSPS) is 12.9. The van der Waals surface area contributed by atoms with E-state index >= 15 is 0 Å². The maximum atomic E-state index is 4.65. The first-order valence-electron chi connectivity index (χ1n) is 7.74. The van der Waals surface area contributed by atoms with Crippen molar-refractivity contribution in [1.29, 1.82) is 0 Å². The number of nitrogens with zero attached hydrogens (tertiary/aromatic N) is 4. The molecule has 2 rings (SSSR count). The Kier molecular flexibility index (Phi) is 4.83. The second-order valence-corrected chi connectivity index (χ2v) is 5.55. The Morgan fingerprint density at radius 3 is 2.43 bits per heavy atom. The molecule has 2 heterocycles. The smallest absolute Gasteiger partial charge is 0.0644 e. The Balaban J connectivity index is 2.33. The summed E-state index contributed by atoms with van der Waals surface area (Å²) in [5.74, 6) is 0. The number of likely N-dealkylation sites (N-methyl/N-ethyl adjacent to an activating group) is 1. The quantitative estimate of drug-likeness (QED) is 0.888. The molecule has 1 atom stereocenters. The molecule has 0 aromatic carbocycles. The summed E-state index contributed by atoms with van der Waals surface area (Å²) in [7, 11) is 4.02. The van der Waals surface area contributed by atoms with Crippen molar-refractivity contribution in [3.63, 3.8) is 0 Å². The van der Waals surface area contributed by atoms with E-state index in [1.54, 1.807) is 0 Å². The maximum Gasteiger partial charge on any atom is 0.0644 e. The van der Waals surface area contributed by atoms with Crippen LogP contribution in [0.15, 0.2) is 6.07 Å². The fourth-order valence-electron chi connectivity index (χ4n) is 2.98. The predicted molar refractivity (Wildman–Crippen MR) is 85.5 cm³/mol. The van der Waals surface area contributed by atoms with Gasteiger partial charge in [0, 0.05) is 43.0 Å². The number of aromatic nitrogens is 4. The fourth-order valence-corrected chi connectivity index (χ4v) is 2.98. The van der Waals surface area contributed by atoms with Crippen molar-refractivity contribution in [2.45, 2.75) is 53.1 Å². The molecular weight excluding hydrogens is 262 g/mol. The molecule has 116 valence electrons. The van der Waals surface area contributed by atoms with Gasteiger partial charge in [0.05, 0.1) is 11.4 Å². The van der Waals surface area contributed by atoms with Crippen LogP contribution in [0.5, 0.6) is 0 Å². The molecule has 2 aromatic rings. The summed E-state index contributed by atoms with van der Waals surface area (Å²) in [6.45, 7) is 9.42. The third-order valence-electron chi connectivity index (χ3n) is 4.25. The van der Waals surface area contributed by atoms with Gasteiger partial charge in [-0.1, -0.05) is 6.92 Å². The van der Waals surface area contributed by atoms with Crippen molar-refractivity contribution in [1.82, 2.24) is 24.9 Å². The SMILES string of the molecule is CCc1cc(CC(NC)c2c(C)nn(C)c2C)n(CC)n1. The minimum absolute atomic E-state index is 0.269. The topological polar surface area (TPSA) is 47.7 Å².